The number of nitro groups is 1. The highest BCUT2D eigenvalue weighted by atomic mass is 16.7. The SMILES string of the molecule is COc1cccc2c1O[C@H](c1ccc3c(c1)OCO3)C([N+](=O)[O-])=C2. The molecule has 2 heterocycles. The van der Waals surface area contributed by atoms with Crippen LogP contribution in [0.1, 0.15) is 17.2 Å². The zero-order valence-corrected chi connectivity index (χ0v) is 12.7. The van der Waals surface area contributed by atoms with E-state index in [1.807, 2.05) is 0 Å². The fraction of sp³-hybridized carbons (Fsp3) is 0.176. The van der Waals surface area contributed by atoms with Crippen molar-refractivity contribution in [1.29, 1.82) is 0 Å². The largest absolute Gasteiger partial charge is 0.493 e. The second kappa shape index (κ2) is 5.45. The number of hydrogen-bond donors (Lipinski definition) is 0. The minimum absolute atomic E-state index is 0.0466. The summed E-state index contributed by atoms with van der Waals surface area (Å²) in [4.78, 5) is 11.1. The lowest BCUT2D eigenvalue weighted by Gasteiger charge is -2.24. The van der Waals surface area contributed by atoms with E-state index in [1.54, 1.807) is 36.4 Å². The van der Waals surface area contributed by atoms with Gasteiger partial charge in [-0.25, -0.2) is 0 Å². The molecule has 7 nitrogen and oxygen atoms in total. The minimum Gasteiger partial charge on any atom is -0.493 e. The van der Waals surface area contributed by atoms with Crippen LogP contribution in [0.15, 0.2) is 42.1 Å². The molecule has 24 heavy (non-hydrogen) atoms. The van der Waals surface area contributed by atoms with Crippen molar-refractivity contribution in [2.75, 3.05) is 13.9 Å². The van der Waals surface area contributed by atoms with Crippen molar-refractivity contribution in [2.45, 2.75) is 6.10 Å². The van der Waals surface area contributed by atoms with Crippen molar-refractivity contribution in [2.24, 2.45) is 0 Å². The number of ether oxygens (including phenoxy) is 4. The molecule has 4 rings (SSSR count). The van der Waals surface area contributed by atoms with Crippen molar-refractivity contribution >= 4 is 6.08 Å². The second-order valence-corrected chi connectivity index (χ2v) is 5.32. The Labute approximate surface area is 137 Å². The number of methoxy groups -OCH3 is 1. The highest BCUT2D eigenvalue weighted by Gasteiger charge is 2.35. The van der Waals surface area contributed by atoms with Crippen LogP contribution >= 0.6 is 0 Å². The summed E-state index contributed by atoms with van der Waals surface area (Å²) in [6.45, 7) is 0.138. The van der Waals surface area contributed by atoms with Crippen LogP contribution in [0.4, 0.5) is 0 Å². The first-order chi connectivity index (χ1) is 11.7. The lowest BCUT2D eigenvalue weighted by atomic mass is 10.0. The van der Waals surface area contributed by atoms with Crippen LogP contribution in [0.5, 0.6) is 23.0 Å². The summed E-state index contributed by atoms with van der Waals surface area (Å²) in [7, 11) is 1.53. The molecular weight excluding hydrogens is 314 g/mol. The first-order valence-corrected chi connectivity index (χ1v) is 7.26. The van der Waals surface area contributed by atoms with Gasteiger partial charge in [0, 0.05) is 17.2 Å². The third kappa shape index (κ3) is 2.21. The molecule has 0 amide bonds. The summed E-state index contributed by atoms with van der Waals surface area (Å²) in [6, 6.07) is 10.4. The Morgan fingerprint density at radius 3 is 2.83 bits per heavy atom. The molecule has 0 fully saturated rings. The molecule has 0 aromatic heterocycles. The maximum atomic E-state index is 11.5. The Morgan fingerprint density at radius 1 is 1.21 bits per heavy atom. The Balaban J connectivity index is 1.82. The minimum atomic E-state index is -0.863. The normalized spacial score (nSPS) is 17.5. The van der Waals surface area contributed by atoms with E-state index >= 15 is 0 Å². The van der Waals surface area contributed by atoms with Crippen molar-refractivity contribution in [3.8, 4) is 23.0 Å². The second-order valence-electron chi connectivity index (χ2n) is 5.32. The van der Waals surface area contributed by atoms with Gasteiger partial charge in [0.05, 0.1) is 12.0 Å². The van der Waals surface area contributed by atoms with Gasteiger partial charge in [-0.15, -0.1) is 0 Å². The molecule has 0 bridgehead atoms. The Bertz CT molecular complexity index is 860. The molecule has 2 aliphatic rings. The van der Waals surface area contributed by atoms with Gasteiger partial charge >= 0.3 is 0 Å². The van der Waals surface area contributed by atoms with Gasteiger partial charge in [-0.2, -0.15) is 0 Å². The molecule has 0 unspecified atom stereocenters. The molecule has 0 saturated carbocycles. The maximum absolute atomic E-state index is 11.5. The Morgan fingerprint density at radius 2 is 2.04 bits per heavy atom. The molecule has 0 aliphatic carbocycles. The number of fused-ring (bicyclic) bond motifs is 2. The summed E-state index contributed by atoms with van der Waals surface area (Å²) >= 11 is 0. The summed E-state index contributed by atoms with van der Waals surface area (Å²) in [6.07, 6.45) is 0.648. The third-order valence-electron chi connectivity index (χ3n) is 3.95. The average Bonchev–Trinajstić information content (AvgIpc) is 3.07. The molecule has 7 heteroatoms. The van der Waals surface area contributed by atoms with Crippen LogP contribution in [-0.4, -0.2) is 18.8 Å². The molecular formula is C17H13NO6. The van der Waals surface area contributed by atoms with Gasteiger partial charge < -0.3 is 18.9 Å². The summed E-state index contributed by atoms with van der Waals surface area (Å²) < 4.78 is 21.9. The highest BCUT2D eigenvalue weighted by Crippen LogP contribution is 2.44. The predicted molar refractivity (Wildman–Crippen MR) is 83.9 cm³/mol. The molecule has 1 atom stereocenters. The third-order valence-corrected chi connectivity index (χ3v) is 3.95. The van der Waals surface area contributed by atoms with E-state index < -0.39 is 11.0 Å². The molecule has 0 spiro atoms. The molecule has 0 N–H and O–H groups in total. The van der Waals surface area contributed by atoms with Crippen LogP contribution in [-0.2, 0) is 0 Å². The Kier molecular flexibility index (Phi) is 3.26. The molecule has 122 valence electrons. The molecule has 0 saturated heterocycles. The monoisotopic (exact) mass is 327 g/mol. The van der Waals surface area contributed by atoms with Crippen molar-refractivity contribution in [3.05, 3.63) is 63.3 Å². The maximum Gasteiger partial charge on any atom is 0.291 e. The summed E-state index contributed by atoms with van der Waals surface area (Å²) in [5, 5.41) is 11.5. The van der Waals surface area contributed by atoms with E-state index in [-0.39, 0.29) is 12.5 Å². The van der Waals surface area contributed by atoms with Crippen molar-refractivity contribution < 1.29 is 23.9 Å². The van der Waals surface area contributed by atoms with Crippen LogP contribution in [0.25, 0.3) is 6.08 Å². The van der Waals surface area contributed by atoms with E-state index in [0.717, 1.165) is 0 Å². The van der Waals surface area contributed by atoms with Gasteiger partial charge in [0.1, 0.15) is 0 Å². The fourth-order valence-corrected chi connectivity index (χ4v) is 2.81. The quantitative estimate of drug-likeness (QED) is 0.636. The van der Waals surface area contributed by atoms with E-state index in [4.69, 9.17) is 18.9 Å². The van der Waals surface area contributed by atoms with E-state index in [9.17, 15) is 10.1 Å². The van der Waals surface area contributed by atoms with Gasteiger partial charge in [0.25, 0.3) is 5.70 Å². The molecule has 0 radical (unpaired) electrons. The van der Waals surface area contributed by atoms with Crippen molar-refractivity contribution in [3.63, 3.8) is 0 Å². The van der Waals surface area contributed by atoms with Crippen LogP contribution in [0.2, 0.25) is 0 Å². The van der Waals surface area contributed by atoms with Gasteiger partial charge in [-0.05, 0) is 18.2 Å². The zero-order chi connectivity index (χ0) is 16.7. The van der Waals surface area contributed by atoms with Gasteiger partial charge in [-0.3, -0.25) is 10.1 Å². The summed E-state index contributed by atoms with van der Waals surface area (Å²) in [5.41, 5.74) is 1.17. The molecule has 2 aliphatic heterocycles. The number of hydrogen-bond acceptors (Lipinski definition) is 6. The smallest absolute Gasteiger partial charge is 0.291 e. The predicted octanol–water partition coefficient (Wildman–Crippen LogP) is 3.18. The molecule has 2 aromatic carbocycles. The topological polar surface area (TPSA) is 80.1 Å². The standard InChI is InChI=1S/C17H13NO6/c1-21-14-4-2-3-10-7-12(18(19)20)16(24-17(10)14)11-5-6-13-15(8-11)23-9-22-13/h2-8,16H,9H2,1H3/t16-/m1/s1. The fourth-order valence-electron chi connectivity index (χ4n) is 2.81. The molecule has 2 aromatic rings. The van der Waals surface area contributed by atoms with E-state index in [1.165, 1.54) is 13.2 Å². The first kappa shape index (κ1) is 14.4. The van der Waals surface area contributed by atoms with Crippen LogP contribution < -0.4 is 18.9 Å². The van der Waals surface area contributed by atoms with Crippen LogP contribution in [0.3, 0.4) is 0 Å². The zero-order valence-electron chi connectivity index (χ0n) is 12.7. The Hall–Kier alpha value is -3.22. The number of benzene rings is 2. The van der Waals surface area contributed by atoms with Gasteiger partial charge in [0.2, 0.25) is 12.9 Å². The number of rotatable bonds is 3. The van der Waals surface area contributed by atoms with Crippen LogP contribution in [0, 0.1) is 10.1 Å². The lowest BCUT2D eigenvalue weighted by Crippen LogP contribution is -2.20. The number of nitrogens with zero attached hydrogens (tertiary/aromatic N) is 1. The van der Waals surface area contributed by atoms with Gasteiger partial charge in [0.15, 0.2) is 23.0 Å². The number of para-hydroxylation sites is 1. The summed E-state index contributed by atoms with van der Waals surface area (Å²) in [5.74, 6) is 2.16. The highest BCUT2D eigenvalue weighted by molar-refractivity contribution is 5.66. The van der Waals surface area contributed by atoms with E-state index in [2.05, 4.69) is 0 Å². The van der Waals surface area contributed by atoms with Gasteiger partial charge in [-0.1, -0.05) is 18.2 Å². The lowest BCUT2D eigenvalue weighted by molar-refractivity contribution is -0.434. The first-order valence-electron chi connectivity index (χ1n) is 7.26. The average molecular weight is 327 g/mol. The van der Waals surface area contributed by atoms with Crippen molar-refractivity contribution in [1.82, 2.24) is 0 Å². The van der Waals surface area contributed by atoms with E-state index in [0.29, 0.717) is 34.1 Å².